The molecule has 1 aliphatic heterocycles. The number of nitro groups is 1. The van der Waals surface area contributed by atoms with Gasteiger partial charge < -0.3 is 24.2 Å². The summed E-state index contributed by atoms with van der Waals surface area (Å²) in [4.78, 5) is 34.0. The van der Waals surface area contributed by atoms with Crippen molar-refractivity contribution in [2.75, 3.05) is 0 Å². The first-order chi connectivity index (χ1) is 14.9. The van der Waals surface area contributed by atoms with Crippen molar-refractivity contribution in [3.63, 3.8) is 0 Å². The van der Waals surface area contributed by atoms with Crippen LogP contribution in [0.15, 0.2) is 24.3 Å². The van der Waals surface area contributed by atoms with Crippen molar-refractivity contribution in [1.29, 1.82) is 0 Å². The van der Waals surface area contributed by atoms with Crippen molar-refractivity contribution < 1.29 is 57.5 Å². The van der Waals surface area contributed by atoms with Gasteiger partial charge in [-0.15, -0.1) is 11.4 Å². The molecule has 3 atom stereocenters. The number of rotatable bonds is 8. The van der Waals surface area contributed by atoms with E-state index in [4.69, 9.17) is 14.0 Å². The third-order valence-electron chi connectivity index (χ3n) is 4.89. The standard InChI is InChI=1S/C21H27BNO9.Li/c1-5-6-7-8-12-16(21(2,3)4)30-22(14-10-9-11-15(13-14)23(28)29)31-17(19(24)25)18(32-22)20(26)27;/h9-11,13,16-18H,5-7H2,1-4H3,(H,24,25)(H,26,27);/q-1;+1/t16-,17+,18+;/m0./s1. The summed E-state index contributed by atoms with van der Waals surface area (Å²) in [6, 6.07) is 5.11. The summed E-state index contributed by atoms with van der Waals surface area (Å²) in [5.41, 5.74) is -0.896. The Kier molecular flexibility index (Phi) is 10.2. The molecule has 0 bridgehead atoms. The number of hydrogen-bond donors (Lipinski definition) is 2. The molecule has 10 nitrogen and oxygen atoms in total. The van der Waals surface area contributed by atoms with E-state index in [0.717, 1.165) is 18.9 Å². The van der Waals surface area contributed by atoms with E-state index in [1.807, 2.05) is 27.7 Å². The van der Waals surface area contributed by atoms with Crippen molar-refractivity contribution in [3.05, 3.63) is 34.4 Å². The smallest absolute Gasteiger partial charge is 0.528 e. The normalized spacial score (nSPS) is 20.1. The number of carboxylic acid groups (broad SMARTS) is 2. The third kappa shape index (κ3) is 7.07. The van der Waals surface area contributed by atoms with Gasteiger partial charge in [0.25, 0.3) is 5.69 Å². The van der Waals surface area contributed by atoms with Crippen LogP contribution in [0.3, 0.4) is 0 Å². The molecule has 0 aliphatic carbocycles. The van der Waals surface area contributed by atoms with Gasteiger partial charge in [-0.25, -0.2) is 9.59 Å². The fraction of sp³-hybridized carbons (Fsp3) is 0.524. The maximum Gasteiger partial charge on any atom is 1.00 e. The molecule has 33 heavy (non-hydrogen) atoms. The summed E-state index contributed by atoms with van der Waals surface area (Å²) in [5, 5.41) is 30.3. The number of aliphatic carboxylic acids is 2. The Morgan fingerprint density at radius 1 is 1.24 bits per heavy atom. The average molecular weight is 455 g/mol. The minimum atomic E-state index is -3.19. The molecule has 1 saturated heterocycles. The zero-order chi connectivity index (χ0) is 24.1. The second-order valence-electron chi connectivity index (χ2n) is 8.59. The van der Waals surface area contributed by atoms with Gasteiger partial charge in [-0.3, -0.25) is 10.1 Å². The number of nitro benzene ring substituents is 1. The van der Waals surface area contributed by atoms with Crippen LogP contribution in [0.25, 0.3) is 0 Å². The van der Waals surface area contributed by atoms with Crippen LogP contribution in [0, 0.1) is 27.4 Å². The number of non-ortho nitro benzene ring substituents is 1. The monoisotopic (exact) mass is 455 g/mol. The first-order valence-corrected chi connectivity index (χ1v) is 10.3. The average Bonchev–Trinajstić information content (AvgIpc) is 3.11. The van der Waals surface area contributed by atoms with Crippen LogP contribution in [-0.2, 0) is 23.6 Å². The molecule has 174 valence electrons. The summed E-state index contributed by atoms with van der Waals surface area (Å²) >= 11 is 0. The van der Waals surface area contributed by atoms with Gasteiger partial charge in [-0.1, -0.05) is 52.2 Å². The van der Waals surface area contributed by atoms with E-state index < -0.39 is 47.3 Å². The van der Waals surface area contributed by atoms with Gasteiger partial charge in [0.15, 0.2) is 0 Å². The molecule has 2 N–H and O–H groups in total. The van der Waals surface area contributed by atoms with E-state index in [1.54, 1.807) is 0 Å². The van der Waals surface area contributed by atoms with Crippen LogP contribution < -0.4 is 24.3 Å². The summed E-state index contributed by atoms with van der Waals surface area (Å²) in [7, 11) is 0. The van der Waals surface area contributed by atoms with Crippen LogP contribution >= 0.6 is 0 Å². The molecule has 1 aliphatic rings. The molecule has 12 heteroatoms. The van der Waals surface area contributed by atoms with Gasteiger partial charge in [0.05, 0.1) is 11.0 Å². The molecular weight excluding hydrogens is 428 g/mol. The van der Waals surface area contributed by atoms with Gasteiger partial charge in [-0.05, 0) is 17.9 Å². The largest absolute Gasteiger partial charge is 1.00 e. The van der Waals surface area contributed by atoms with Crippen molar-refractivity contribution in [2.45, 2.75) is 65.3 Å². The van der Waals surface area contributed by atoms with Crippen LogP contribution in [0.4, 0.5) is 5.69 Å². The minimum absolute atomic E-state index is 0. The molecule has 0 unspecified atom stereocenters. The third-order valence-corrected chi connectivity index (χ3v) is 4.89. The van der Waals surface area contributed by atoms with E-state index in [9.17, 15) is 29.9 Å². The van der Waals surface area contributed by atoms with Gasteiger partial charge >= 0.3 is 37.6 Å². The maximum absolute atomic E-state index is 11.7. The van der Waals surface area contributed by atoms with Crippen LogP contribution in [-0.4, -0.2) is 52.1 Å². The Balaban J connectivity index is 0.00000544. The fourth-order valence-corrected chi connectivity index (χ4v) is 3.16. The quantitative estimate of drug-likeness (QED) is 0.171. The van der Waals surface area contributed by atoms with Gasteiger partial charge in [0.2, 0.25) is 0 Å². The molecule has 0 radical (unpaired) electrons. The second kappa shape index (κ2) is 11.7. The number of nitrogens with zero attached hydrogens (tertiary/aromatic N) is 1. The Morgan fingerprint density at radius 2 is 1.82 bits per heavy atom. The van der Waals surface area contributed by atoms with Gasteiger partial charge in [-0.2, -0.15) is 0 Å². The summed E-state index contributed by atoms with van der Waals surface area (Å²) in [5.74, 6) is 2.89. The molecule has 0 spiro atoms. The van der Waals surface area contributed by atoms with Crippen LogP contribution in [0.5, 0.6) is 0 Å². The Bertz CT molecular complexity index is 916. The van der Waals surface area contributed by atoms with E-state index in [-0.39, 0.29) is 30.0 Å². The molecule has 1 heterocycles. The SMILES string of the molecule is CCCCC#C[C@H](O[B-]1(c2cccc([N+](=O)[O-])c2)O[C@@H](C(=O)O)[C@H](C(=O)O)O1)C(C)(C)C.[Li+]. The predicted octanol–water partition coefficient (Wildman–Crippen LogP) is -0.677. The molecule has 0 aromatic heterocycles. The number of benzene rings is 1. The van der Waals surface area contributed by atoms with E-state index in [0.29, 0.717) is 6.42 Å². The summed E-state index contributed by atoms with van der Waals surface area (Å²) in [6.07, 6.45) is -2.16. The van der Waals surface area contributed by atoms with E-state index in [2.05, 4.69) is 11.8 Å². The summed E-state index contributed by atoms with van der Waals surface area (Å²) < 4.78 is 17.3. The molecule has 0 amide bonds. The Hall–Kier alpha value is -2.34. The zero-order valence-electron chi connectivity index (χ0n) is 19.4. The maximum atomic E-state index is 11.7. The van der Waals surface area contributed by atoms with Crippen molar-refractivity contribution in [3.8, 4) is 11.8 Å². The number of carbonyl (C=O) groups is 2. The summed E-state index contributed by atoms with van der Waals surface area (Å²) in [6.45, 7) is 4.34. The molecule has 1 aromatic rings. The van der Waals surface area contributed by atoms with E-state index >= 15 is 0 Å². The second-order valence-corrected chi connectivity index (χ2v) is 8.59. The fourth-order valence-electron chi connectivity index (χ4n) is 3.16. The van der Waals surface area contributed by atoms with E-state index in [1.165, 1.54) is 18.2 Å². The van der Waals surface area contributed by atoms with Gasteiger partial charge in [0, 0.05) is 12.5 Å². The molecule has 1 aromatic carbocycles. The number of carboxylic acids is 2. The predicted molar refractivity (Wildman–Crippen MR) is 115 cm³/mol. The number of hydrogen-bond acceptors (Lipinski definition) is 7. The Morgan fingerprint density at radius 3 is 2.27 bits per heavy atom. The Labute approximate surface area is 204 Å². The van der Waals surface area contributed by atoms with Crippen LogP contribution in [0.2, 0.25) is 0 Å². The molecule has 0 saturated carbocycles. The molecule has 2 rings (SSSR count). The molecular formula is C21H27BLiNO9. The molecule has 1 fully saturated rings. The topological polar surface area (TPSA) is 145 Å². The number of unbranched alkanes of at least 4 members (excludes halogenated alkanes) is 2. The van der Waals surface area contributed by atoms with Crippen molar-refractivity contribution in [1.82, 2.24) is 0 Å². The zero-order valence-corrected chi connectivity index (χ0v) is 19.4. The van der Waals surface area contributed by atoms with Crippen LogP contribution in [0.1, 0.15) is 47.0 Å². The first kappa shape index (κ1) is 28.7. The minimum Gasteiger partial charge on any atom is -0.528 e. The van der Waals surface area contributed by atoms with Crippen molar-refractivity contribution in [2.24, 2.45) is 5.41 Å². The first-order valence-electron chi connectivity index (χ1n) is 10.3. The van der Waals surface area contributed by atoms with Crippen molar-refractivity contribution >= 4 is 29.8 Å². The van der Waals surface area contributed by atoms with Gasteiger partial charge in [0.1, 0.15) is 12.2 Å².